The van der Waals surface area contributed by atoms with Crippen LogP contribution in [-0.2, 0) is 21.3 Å². The Morgan fingerprint density at radius 1 is 0.892 bits per heavy atom. The average molecular weight is 503 g/mol. The largest absolute Gasteiger partial charge is 0.497 e. The summed E-state index contributed by atoms with van der Waals surface area (Å²) in [7, 11) is 4.75. The number of carboxylic acid groups (broad SMARTS) is 1. The van der Waals surface area contributed by atoms with Crippen LogP contribution in [-0.4, -0.2) is 51.6 Å². The van der Waals surface area contributed by atoms with E-state index in [4.69, 9.17) is 18.9 Å². The van der Waals surface area contributed by atoms with Crippen LogP contribution >= 0.6 is 0 Å². The molecule has 0 atom stereocenters. The molecule has 7 nitrogen and oxygen atoms in total. The lowest BCUT2D eigenvalue weighted by Gasteiger charge is -2.37. The van der Waals surface area contributed by atoms with Gasteiger partial charge in [0, 0.05) is 12.5 Å². The lowest BCUT2D eigenvalue weighted by atomic mass is 9.66. The van der Waals surface area contributed by atoms with Crippen molar-refractivity contribution in [3.05, 3.63) is 99.6 Å². The second-order valence-corrected chi connectivity index (χ2v) is 8.88. The van der Waals surface area contributed by atoms with Crippen LogP contribution in [0.1, 0.15) is 48.5 Å². The number of hydrogen-bond acceptors (Lipinski definition) is 6. The molecule has 0 unspecified atom stereocenters. The van der Waals surface area contributed by atoms with Crippen LogP contribution in [0.15, 0.2) is 60.7 Å². The molecule has 0 amide bonds. The number of benzene rings is 3. The van der Waals surface area contributed by atoms with E-state index < -0.39 is 17.4 Å². The molecule has 0 aliphatic heterocycles. The summed E-state index contributed by atoms with van der Waals surface area (Å²) < 4.78 is 21.1. The number of aryl methyl sites for hydroxylation is 1. The molecule has 1 aliphatic rings. The van der Waals surface area contributed by atoms with Crippen molar-refractivity contribution in [3.8, 4) is 11.5 Å². The molecular formula is C30H30O7. The summed E-state index contributed by atoms with van der Waals surface area (Å²) in [6.07, 6.45) is 4.22. The number of carbonyl (C=O) groups excluding carboxylic acids is 1. The summed E-state index contributed by atoms with van der Waals surface area (Å²) in [4.78, 5) is 25.4. The molecule has 4 rings (SSSR count). The number of esters is 1. The molecule has 0 saturated carbocycles. The smallest absolute Gasteiger partial charge is 0.339 e. The number of fused-ring (bicyclic) bond motifs is 1. The molecule has 0 fully saturated rings. The number of methoxy groups -OCH3 is 3. The van der Waals surface area contributed by atoms with Gasteiger partial charge in [-0.3, -0.25) is 0 Å². The third-order valence-electron chi connectivity index (χ3n) is 6.83. The van der Waals surface area contributed by atoms with E-state index in [0.29, 0.717) is 28.7 Å². The summed E-state index contributed by atoms with van der Waals surface area (Å²) in [6, 6.07) is 17.0. The number of carboxylic acids is 1. The van der Waals surface area contributed by atoms with Crippen LogP contribution in [0, 0.1) is 6.92 Å². The Morgan fingerprint density at radius 3 is 1.95 bits per heavy atom. The number of allylic oxidation sites excluding steroid dienone is 1. The van der Waals surface area contributed by atoms with Gasteiger partial charge in [0.15, 0.2) is 0 Å². The summed E-state index contributed by atoms with van der Waals surface area (Å²) in [5.74, 6) is -0.116. The molecule has 192 valence electrons. The highest BCUT2D eigenvalue weighted by molar-refractivity contribution is 6.00. The average Bonchev–Trinajstić information content (AvgIpc) is 2.92. The van der Waals surface area contributed by atoms with Crippen molar-refractivity contribution in [2.45, 2.75) is 18.8 Å². The topological polar surface area (TPSA) is 91.3 Å². The predicted octanol–water partition coefficient (Wildman–Crippen LogP) is 5.07. The van der Waals surface area contributed by atoms with Gasteiger partial charge in [0.2, 0.25) is 0 Å². The first-order valence-corrected chi connectivity index (χ1v) is 11.9. The van der Waals surface area contributed by atoms with Gasteiger partial charge >= 0.3 is 11.9 Å². The Kier molecular flexibility index (Phi) is 7.64. The molecule has 3 aromatic carbocycles. The standard InChI is InChI=1S/C30H30O7/c1-19-17-25(28(31)32)26-18-30(20-5-9-22(35-3)10-6-20,21-7-11-23(36-4)12-8-21)14-13-24(26)27(19)29(33)37-16-15-34-2/h5-14,17H,15-16,18H2,1-4H3,(H,31,32). The van der Waals surface area contributed by atoms with E-state index in [2.05, 4.69) is 0 Å². The lowest BCUT2D eigenvalue weighted by molar-refractivity contribution is 0.0386. The highest BCUT2D eigenvalue weighted by Crippen LogP contribution is 2.44. The van der Waals surface area contributed by atoms with Gasteiger partial charge < -0.3 is 24.1 Å². The van der Waals surface area contributed by atoms with Gasteiger partial charge in [-0.25, -0.2) is 9.59 Å². The monoisotopic (exact) mass is 502 g/mol. The number of aromatic carboxylic acids is 1. The van der Waals surface area contributed by atoms with E-state index in [1.807, 2.05) is 60.7 Å². The number of carbonyl (C=O) groups is 2. The molecule has 1 N–H and O–H groups in total. The van der Waals surface area contributed by atoms with Crippen LogP contribution in [0.5, 0.6) is 11.5 Å². The van der Waals surface area contributed by atoms with Crippen LogP contribution in [0.2, 0.25) is 0 Å². The maximum absolute atomic E-state index is 13.0. The summed E-state index contributed by atoms with van der Waals surface area (Å²) in [6.45, 7) is 2.10. The number of hydrogen-bond donors (Lipinski definition) is 1. The minimum atomic E-state index is -1.05. The number of rotatable bonds is 9. The van der Waals surface area contributed by atoms with Gasteiger partial charge in [-0.15, -0.1) is 0 Å². The normalized spacial score (nSPS) is 13.5. The van der Waals surface area contributed by atoms with Crippen LogP contribution in [0.3, 0.4) is 0 Å². The molecule has 37 heavy (non-hydrogen) atoms. The summed E-state index contributed by atoms with van der Waals surface area (Å²) in [5.41, 5.74) is 3.44. The van der Waals surface area contributed by atoms with E-state index in [1.54, 1.807) is 27.2 Å². The van der Waals surface area contributed by atoms with Gasteiger partial charge in [0.05, 0.1) is 32.0 Å². The van der Waals surface area contributed by atoms with Gasteiger partial charge in [0.25, 0.3) is 0 Å². The molecule has 0 spiro atoms. The van der Waals surface area contributed by atoms with Crippen LogP contribution in [0.25, 0.3) is 6.08 Å². The second-order valence-electron chi connectivity index (χ2n) is 8.88. The molecule has 0 heterocycles. The molecule has 1 aliphatic carbocycles. The van der Waals surface area contributed by atoms with E-state index >= 15 is 0 Å². The molecule has 0 saturated heterocycles. The third-order valence-corrected chi connectivity index (χ3v) is 6.83. The van der Waals surface area contributed by atoms with E-state index in [0.717, 1.165) is 22.6 Å². The zero-order valence-corrected chi connectivity index (χ0v) is 21.4. The maximum Gasteiger partial charge on any atom is 0.339 e. The van der Waals surface area contributed by atoms with Gasteiger partial charge in [0.1, 0.15) is 18.1 Å². The lowest BCUT2D eigenvalue weighted by Crippen LogP contribution is -2.32. The zero-order valence-electron chi connectivity index (χ0n) is 21.4. The van der Waals surface area contributed by atoms with Crippen molar-refractivity contribution in [3.63, 3.8) is 0 Å². The fourth-order valence-corrected chi connectivity index (χ4v) is 4.91. The van der Waals surface area contributed by atoms with Crippen molar-refractivity contribution in [2.75, 3.05) is 34.5 Å². The minimum absolute atomic E-state index is 0.107. The highest BCUT2D eigenvalue weighted by atomic mass is 16.6. The first kappa shape index (κ1) is 26.0. The van der Waals surface area contributed by atoms with Crippen molar-refractivity contribution in [2.24, 2.45) is 0 Å². The Labute approximate surface area is 216 Å². The molecule has 7 heteroatoms. The van der Waals surface area contributed by atoms with E-state index in [1.165, 1.54) is 7.11 Å². The Bertz CT molecular complexity index is 1270. The SMILES string of the molecule is COCCOC(=O)c1c(C)cc(C(=O)O)c2c1C=CC(c1ccc(OC)cc1)(c1ccc(OC)cc1)C2. The summed E-state index contributed by atoms with van der Waals surface area (Å²) >= 11 is 0. The molecular weight excluding hydrogens is 472 g/mol. The van der Waals surface area contributed by atoms with Crippen LogP contribution < -0.4 is 9.47 Å². The molecule has 0 bridgehead atoms. The van der Waals surface area contributed by atoms with Crippen molar-refractivity contribution >= 4 is 18.0 Å². The molecule has 0 radical (unpaired) electrons. The first-order chi connectivity index (χ1) is 17.8. The third kappa shape index (κ3) is 4.95. The van der Waals surface area contributed by atoms with Crippen molar-refractivity contribution < 1.29 is 33.6 Å². The Balaban J connectivity index is 1.92. The Hall–Kier alpha value is -4.10. The maximum atomic E-state index is 13.0. The zero-order chi connectivity index (χ0) is 26.6. The van der Waals surface area contributed by atoms with Crippen molar-refractivity contribution in [1.29, 1.82) is 0 Å². The quantitative estimate of drug-likeness (QED) is 0.323. The first-order valence-electron chi connectivity index (χ1n) is 11.9. The number of ether oxygens (including phenoxy) is 4. The van der Waals surface area contributed by atoms with Crippen molar-refractivity contribution in [1.82, 2.24) is 0 Å². The fourth-order valence-electron chi connectivity index (χ4n) is 4.91. The van der Waals surface area contributed by atoms with Crippen LogP contribution in [0.4, 0.5) is 0 Å². The van der Waals surface area contributed by atoms with Gasteiger partial charge in [-0.1, -0.05) is 36.4 Å². The highest BCUT2D eigenvalue weighted by Gasteiger charge is 2.38. The predicted molar refractivity (Wildman–Crippen MR) is 140 cm³/mol. The van der Waals surface area contributed by atoms with Gasteiger partial charge in [-0.2, -0.15) is 0 Å². The fraction of sp³-hybridized carbons (Fsp3) is 0.267. The van der Waals surface area contributed by atoms with Gasteiger partial charge in [-0.05, 0) is 71.5 Å². The summed E-state index contributed by atoms with van der Waals surface area (Å²) in [5, 5.41) is 10.1. The van der Waals surface area contributed by atoms with E-state index in [-0.39, 0.29) is 18.8 Å². The van der Waals surface area contributed by atoms with E-state index in [9.17, 15) is 14.7 Å². The molecule has 0 aromatic heterocycles. The molecule has 3 aromatic rings. The minimum Gasteiger partial charge on any atom is -0.497 e. The Morgan fingerprint density at radius 2 is 1.46 bits per heavy atom. The second kappa shape index (κ2) is 10.9.